The van der Waals surface area contributed by atoms with Gasteiger partial charge in [0.05, 0.1) is 18.8 Å². The molecular weight excluding hydrogens is 331 g/mol. The summed E-state index contributed by atoms with van der Waals surface area (Å²) in [5, 5.41) is 0. The summed E-state index contributed by atoms with van der Waals surface area (Å²) < 4.78 is 24.5. The van der Waals surface area contributed by atoms with Gasteiger partial charge in [0.15, 0.2) is 11.5 Å². The van der Waals surface area contributed by atoms with Gasteiger partial charge in [-0.05, 0) is 47.9 Å². The molecule has 5 heteroatoms. The third-order valence-electron chi connectivity index (χ3n) is 4.08. The van der Waals surface area contributed by atoms with E-state index < -0.39 is 0 Å². The largest absolute Gasteiger partial charge is 0.493 e. The van der Waals surface area contributed by atoms with Crippen LogP contribution in [0.3, 0.4) is 0 Å². The van der Waals surface area contributed by atoms with Crippen LogP contribution in [-0.2, 0) is 13.0 Å². The normalized spacial score (nSPS) is 11.8. The van der Waals surface area contributed by atoms with Gasteiger partial charge in [0, 0.05) is 6.20 Å². The third-order valence-corrected chi connectivity index (χ3v) is 4.08. The highest BCUT2D eigenvalue weighted by atomic mass is 19.1. The van der Waals surface area contributed by atoms with Crippen molar-refractivity contribution in [3.05, 3.63) is 89.5 Å². The zero-order valence-electron chi connectivity index (χ0n) is 14.6. The van der Waals surface area contributed by atoms with Gasteiger partial charge in [-0.2, -0.15) is 0 Å². The Hall–Kier alpha value is -2.92. The van der Waals surface area contributed by atoms with Crippen molar-refractivity contribution in [1.82, 2.24) is 4.98 Å². The Morgan fingerprint density at radius 2 is 1.85 bits per heavy atom. The minimum absolute atomic E-state index is 0.253. The van der Waals surface area contributed by atoms with Crippen molar-refractivity contribution in [2.24, 2.45) is 5.73 Å². The van der Waals surface area contributed by atoms with E-state index in [1.807, 2.05) is 36.4 Å². The van der Waals surface area contributed by atoms with Crippen LogP contribution in [0, 0.1) is 5.82 Å². The molecule has 0 amide bonds. The zero-order valence-corrected chi connectivity index (χ0v) is 14.6. The lowest BCUT2D eigenvalue weighted by molar-refractivity contribution is 0.280. The van der Waals surface area contributed by atoms with Gasteiger partial charge in [0.2, 0.25) is 0 Å². The van der Waals surface area contributed by atoms with E-state index in [9.17, 15) is 4.39 Å². The Balaban J connectivity index is 1.80. The molecular formula is C21H21FN2O2. The van der Waals surface area contributed by atoms with E-state index in [4.69, 9.17) is 15.2 Å². The number of nitrogens with two attached hydrogens (primary N) is 1. The maximum Gasteiger partial charge on any atom is 0.164 e. The molecule has 1 aromatic heterocycles. The van der Waals surface area contributed by atoms with Crippen LogP contribution in [0.4, 0.5) is 4.39 Å². The number of benzene rings is 2. The first-order chi connectivity index (χ1) is 12.7. The number of methoxy groups -OCH3 is 1. The van der Waals surface area contributed by atoms with Crippen molar-refractivity contribution in [1.29, 1.82) is 0 Å². The number of hydrogen-bond acceptors (Lipinski definition) is 4. The average molecular weight is 352 g/mol. The van der Waals surface area contributed by atoms with E-state index in [0.29, 0.717) is 24.5 Å². The zero-order chi connectivity index (χ0) is 18.4. The fourth-order valence-electron chi connectivity index (χ4n) is 2.72. The van der Waals surface area contributed by atoms with Gasteiger partial charge >= 0.3 is 0 Å². The van der Waals surface area contributed by atoms with Crippen molar-refractivity contribution >= 4 is 0 Å². The molecule has 134 valence electrons. The van der Waals surface area contributed by atoms with E-state index in [0.717, 1.165) is 16.8 Å². The molecule has 0 aliphatic heterocycles. The second-order valence-corrected chi connectivity index (χ2v) is 5.93. The monoisotopic (exact) mass is 352 g/mol. The summed E-state index contributed by atoms with van der Waals surface area (Å²) in [5.41, 5.74) is 8.94. The van der Waals surface area contributed by atoms with Gasteiger partial charge in [-0.15, -0.1) is 0 Å². The molecule has 2 N–H and O–H groups in total. The van der Waals surface area contributed by atoms with Crippen LogP contribution in [0.25, 0.3) is 0 Å². The fraction of sp³-hybridized carbons (Fsp3) is 0.190. The highest BCUT2D eigenvalue weighted by Gasteiger charge is 2.15. The second kappa shape index (κ2) is 8.45. The Kier molecular flexibility index (Phi) is 5.81. The maximum atomic E-state index is 13.1. The molecule has 0 bridgehead atoms. The third kappa shape index (κ3) is 4.37. The topological polar surface area (TPSA) is 57.4 Å². The molecule has 1 heterocycles. The molecule has 0 radical (unpaired) electrons. The lowest BCUT2D eigenvalue weighted by Gasteiger charge is -2.17. The van der Waals surface area contributed by atoms with Crippen molar-refractivity contribution in [2.45, 2.75) is 19.1 Å². The Morgan fingerprint density at radius 1 is 1.04 bits per heavy atom. The number of aromatic nitrogens is 1. The molecule has 0 aliphatic carbocycles. The van der Waals surface area contributed by atoms with E-state index >= 15 is 0 Å². The van der Waals surface area contributed by atoms with Crippen LogP contribution in [-0.4, -0.2) is 12.1 Å². The lowest BCUT2D eigenvalue weighted by Crippen LogP contribution is -2.15. The van der Waals surface area contributed by atoms with Gasteiger partial charge < -0.3 is 15.2 Å². The molecule has 1 atom stereocenters. The summed E-state index contributed by atoms with van der Waals surface area (Å²) in [6.07, 6.45) is 2.29. The van der Waals surface area contributed by atoms with Gasteiger partial charge in [-0.1, -0.05) is 30.3 Å². The summed E-state index contributed by atoms with van der Waals surface area (Å²) in [4.78, 5) is 4.32. The van der Waals surface area contributed by atoms with Gasteiger partial charge in [0.1, 0.15) is 12.4 Å². The van der Waals surface area contributed by atoms with Gasteiger partial charge in [0.25, 0.3) is 0 Å². The first kappa shape index (κ1) is 17.9. The quantitative estimate of drug-likeness (QED) is 0.697. The average Bonchev–Trinajstić information content (AvgIpc) is 2.68. The number of pyridine rings is 1. The van der Waals surface area contributed by atoms with Crippen LogP contribution >= 0.6 is 0 Å². The minimum atomic E-state index is -0.270. The molecule has 3 rings (SSSR count). The van der Waals surface area contributed by atoms with Gasteiger partial charge in [-0.3, -0.25) is 4.98 Å². The number of rotatable bonds is 7. The molecule has 1 unspecified atom stereocenters. The Morgan fingerprint density at radius 3 is 2.54 bits per heavy atom. The first-order valence-electron chi connectivity index (χ1n) is 8.37. The molecule has 4 nitrogen and oxygen atoms in total. The van der Waals surface area contributed by atoms with Gasteiger partial charge in [-0.25, -0.2) is 4.39 Å². The van der Waals surface area contributed by atoms with Crippen LogP contribution < -0.4 is 15.2 Å². The van der Waals surface area contributed by atoms with Crippen LogP contribution in [0.5, 0.6) is 11.5 Å². The molecule has 3 aromatic rings. The van der Waals surface area contributed by atoms with E-state index in [-0.39, 0.29) is 11.9 Å². The van der Waals surface area contributed by atoms with Crippen LogP contribution in [0.2, 0.25) is 0 Å². The molecule has 0 saturated heterocycles. The molecule has 0 fully saturated rings. The Bertz CT molecular complexity index is 838. The summed E-state index contributed by atoms with van der Waals surface area (Å²) in [6, 6.07) is 17.4. The molecule has 2 aromatic carbocycles. The fourth-order valence-corrected chi connectivity index (χ4v) is 2.72. The molecule has 0 aliphatic rings. The highest BCUT2D eigenvalue weighted by molar-refractivity contribution is 5.47. The number of halogens is 1. The summed E-state index contributed by atoms with van der Waals surface area (Å²) in [5.74, 6) is 1.01. The standard InChI is InChI=1S/C21H21FN2O2/c1-25-20-7-4-5-16(13-18(23)19-6-2-3-12-24-19)21(20)26-14-15-8-10-17(22)11-9-15/h2-12,18H,13-14,23H2,1H3. The predicted octanol–water partition coefficient (Wildman–Crippen LogP) is 4.05. The highest BCUT2D eigenvalue weighted by Crippen LogP contribution is 2.34. The van der Waals surface area contributed by atoms with E-state index in [1.54, 1.807) is 25.4 Å². The van der Waals surface area contributed by atoms with Crippen LogP contribution in [0.1, 0.15) is 22.9 Å². The van der Waals surface area contributed by atoms with E-state index in [2.05, 4.69) is 4.98 Å². The molecule has 0 saturated carbocycles. The maximum absolute atomic E-state index is 13.1. The SMILES string of the molecule is COc1cccc(CC(N)c2ccccn2)c1OCc1ccc(F)cc1. The number of para-hydroxylation sites is 1. The van der Waals surface area contributed by atoms with Crippen molar-refractivity contribution in [3.63, 3.8) is 0 Å². The predicted molar refractivity (Wildman–Crippen MR) is 98.6 cm³/mol. The lowest BCUT2D eigenvalue weighted by atomic mass is 10.0. The molecule has 26 heavy (non-hydrogen) atoms. The number of nitrogens with zero attached hydrogens (tertiary/aromatic N) is 1. The summed E-state index contributed by atoms with van der Waals surface area (Å²) in [7, 11) is 1.60. The molecule has 0 spiro atoms. The Labute approximate surface area is 152 Å². The number of ether oxygens (including phenoxy) is 2. The summed E-state index contributed by atoms with van der Waals surface area (Å²) >= 11 is 0. The summed E-state index contributed by atoms with van der Waals surface area (Å²) in [6.45, 7) is 0.312. The van der Waals surface area contributed by atoms with Crippen LogP contribution in [0.15, 0.2) is 66.9 Å². The second-order valence-electron chi connectivity index (χ2n) is 5.93. The van der Waals surface area contributed by atoms with Crippen molar-refractivity contribution in [2.75, 3.05) is 7.11 Å². The van der Waals surface area contributed by atoms with E-state index in [1.165, 1.54) is 12.1 Å². The smallest absolute Gasteiger partial charge is 0.164 e. The first-order valence-corrected chi connectivity index (χ1v) is 8.37. The van der Waals surface area contributed by atoms with Crippen molar-refractivity contribution in [3.8, 4) is 11.5 Å². The minimum Gasteiger partial charge on any atom is -0.493 e. The number of hydrogen-bond donors (Lipinski definition) is 1. The van der Waals surface area contributed by atoms with Crippen molar-refractivity contribution < 1.29 is 13.9 Å².